The molecular weight excluding hydrogens is 352 g/mol. The first-order chi connectivity index (χ1) is 13.6. The molecule has 2 amide bonds. The van der Waals surface area contributed by atoms with Gasteiger partial charge in [-0.2, -0.15) is 0 Å². The third-order valence-electron chi connectivity index (χ3n) is 4.32. The van der Waals surface area contributed by atoms with Crippen molar-refractivity contribution < 1.29 is 9.59 Å². The molecule has 2 heterocycles. The van der Waals surface area contributed by atoms with E-state index in [1.807, 2.05) is 50.2 Å². The number of pyridine rings is 2. The van der Waals surface area contributed by atoms with E-state index in [0.29, 0.717) is 18.7 Å². The number of nitrogens with one attached hydrogen (secondary N) is 1. The Labute approximate surface area is 164 Å². The fourth-order valence-corrected chi connectivity index (χ4v) is 2.85. The van der Waals surface area contributed by atoms with Gasteiger partial charge in [0.1, 0.15) is 5.69 Å². The van der Waals surface area contributed by atoms with Crippen LogP contribution in [0.5, 0.6) is 0 Å². The first kappa shape index (κ1) is 19.2. The number of anilines is 1. The van der Waals surface area contributed by atoms with Crippen LogP contribution in [-0.2, 0) is 6.54 Å². The van der Waals surface area contributed by atoms with Crippen LogP contribution in [0.3, 0.4) is 0 Å². The van der Waals surface area contributed by atoms with Crippen LogP contribution in [0.25, 0.3) is 0 Å². The van der Waals surface area contributed by atoms with E-state index in [9.17, 15) is 9.59 Å². The van der Waals surface area contributed by atoms with Gasteiger partial charge in [0, 0.05) is 42.9 Å². The van der Waals surface area contributed by atoms with Gasteiger partial charge in [-0.25, -0.2) is 0 Å². The third-order valence-corrected chi connectivity index (χ3v) is 4.32. The lowest BCUT2D eigenvalue weighted by atomic mass is 10.1. The molecule has 3 rings (SSSR count). The molecule has 0 fully saturated rings. The SMILES string of the molecule is CCN(C(=O)c1cc(C(=O)NCc2ccncc2)ccn1)c1cccc(C)c1. The van der Waals surface area contributed by atoms with Crippen LogP contribution in [0, 0.1) is 6.92 Å². The summed E-state index contributed by atoms with van der Waals surface area (Å²) in [4.78, 5) is 35.2. The molecule has 0 aliphatic carbocycles. The number of nitrogens with zero attached hydrogens (tertiary/aromatic N) is 3. The Kier molecular flexibility index (Phi) is 6.11. The maximum absolute atomic E-state index is 13.0. The first-order valence-corrected chi connectivity index (χ1v) is 9.10. The number of amides is 2. The molecule has 6 heteroatoms. The fraction of sp³-hybridized carbons (Fsp3) is 0.182. The lowest BCUT2D eigenvalue weighted by Gasteiger charge is -2.21. The van der Waals surface area contributed by atoms with Crippen LogP contribution in [-0.4, -0.2) is 28.3 Å². The van der Waals surface area contributed by atoms with Crippen LogP contribution >= 0.6 is 0 Å². The van der Waals surface area contributed by atoms with Crippen molar-refractivity contribution in [3.63, 3.8) is 0 Å². The zero-order chi connectivity index (χ0) is 19.9. The van der Waals surface area contributed by atoms with Crippen LogP contribution in [0.15, 0.2) is 67.1 Å². The van der Waals surface area contributed by atoms with Crippen LogP contribution < -0.4 is 10.2 Å². The van der Waals surface area contributed by atoms with E-state index in [-0.39, 0.29) is 17.5 Å². The van der Waals surface area contributed by atoms with Crippen molar-refractivity contribution in [1.82, 2.24) is 15.3 Å². The quantitative estimate of drug-likeness (QED) is 0.718. The molecule has 0 aliphatic rings. The van der Waals surface area contributed by atoms with Crippen molar-refractivity contribution in [2.24, 2.45) is 0 Å². The highest BCUT2D eigenvalue weighted by Gasteiger charge is 2.19. The number of benzene rings is 1. The fourth-order valence-electron chi connectivity index (χ4n) is 2.85. The van der Waals surface area contributed by atoms with Crippen molar-refractivity contribution in [2.45, 2.75) is 20.4 Å². The molecular formula is C22H22N4O2. The molecule has 1 aromatic carbocycles. The third kappa shape index (κ3) is 4.59. The average molecular weight is 374 g/mol. The van der Waals surface area contributed by atoms with Crippen molar-refractivity contribution in [3.8, 4) is 0 Å². The molecule has 2 aromatic heterocycles. The largest absolute Gasteiger partial charge is 0.348 e. The van der Waals surface area contributed by atoms with Gasteiger partial charge in [0.15, 0.2) is 0 Å². The molecule has 6 nitrogen and oxygen atoms in total. The Morgan fingerprint density at radius 3 is 2.54 bits per heavy atom. The topological polar surface area (TPSA) is 75.2 Å². The van der Waals surface area contributed by atoms with E-state index in [0.717, 1.165) is 16.8 Å². The second kappa shape index (κ2) is 8.90. The zero-order valence-corrected chi connectivity index (χ0v) is 15.9. The minimum absolute atomic E-state index is 0.236. The number of rotatable bonds is 6. The number of carbonyl (C=O) groups excluding carboxylic acids is 2. The van der Waals surface area contributed by atoms with Crippen molar-refractivity contribution >= 4 is 17.5 Å². The Balaban J connectivity index is 1.76. The van der Waals surface area contributed by atoms with Gasteiger partial charge in [-0.1, -0.05) is 12.1 Å². The molecule has 0 aliphatic heterocycles. The zero-order valence-electron chi connectivity index (χ0n) is 15.9. The van der Waals surface area contributed by atoms with Crippen molar-refractivity contribution in [3.05, 3.63) is 89.5 Å². The Bertz CT molecular complexity index is 973. The summed E-state index contributed by atoms with van der Waals surface area (Å²) < 4.78 is 0. The average Bonchev–Trinajstić information content (AvgIpc) is 2.73. The van der Waals surface area contributed by atoms with Crippen LogP contribution in [0.4, 0.5) is 5.69 Å². The number of aryl methyl sites for hydroxylation is 1. The predicted molar refractivity (Wildman–Crippen MR) is 108 cm³/mol. The van der Waals surface area contributed by atoms with Gasteiger partial charge in [0.25, 0.3) is 11.8 Å². The summed E-state index contributed by atoms with van der Waals surface area (Å²) in [6.07, 6.45) is 4.84. The minimum Gasteiger partial charge on any atom is -0.348 e. The summed E-state index contributed by atoms with van der Waals surface area (Å²) in [5.41, 5.74) is 3.46. The number of carbonyl (C=O) groups is 2. The summed E-state index contributed by atoms with van der Waals surface area (Å²) in [6.45, 7) is 4.78. The molecule has 0 bridgehead atoms. The van der Waals surface area contributed by atoms with E-state index in [4.69, 9.17) is 0 Å². The van der Waals surface area contributed by atoms with E-state index < -0.39 is 0 Å². The monoisotopic (exact) mass is 374 g/mol. The molecule has 0 spiro atoms. The first-order valence-electron chi connectivity index (χ1n) is 9.10. The van der Waals surface area contributed by atoms with Crippen LogP contribution in [0.2, 0.25) is 0 Å². The smallest absolute Gasteiger partial charge is 0.276 e. The number of hydrogen-bond acceptors (Lipinski definition) is 4. The number of hydrogen-bond donors (Lipinski definition) is 1. The molecule has 1 N–H and O–H groups in total. The predicted octanol–water partition coefficient (Wildman–Crippen LogP) is 3.38. The molecule has 0 radical (unpaired) electrons. The maximum atomic E-state index is 13.0. The van der Waals surface area contributed by atoms with Gasteiger partial charge >= 0.3 is 0 Å². The lowest BCUT2D eigenvalue weighted by Crippen LogP contribution is -2.32. The molecule has 0 saturated heterocycles. The molecule has 28 heavy (non-hydrogen) atoms. The van der Waals surface area contributed by atoms with Crippen molar-refractivity contribution in [1.29, 1.82) is 0 Å². The summed E-state index contributed by atoms with van der Waals surface area (Å²) in [5, 5.41) is 2.84. The van der Waals surface area contributed by atoms with Gasteiger partial charge < -0.3 is 10.2 Å². The lowest BCUT2D eigenvalue weighted by molar-refractivity contribution is 0.0950. The summed E-state index contributed by atoms with van der Waals surface area (Å²) in [7, 11) is 0. The second-order valence-corrected chi connectivity index (χ2v) is 6.36. The van der Waals surface area contributed by atoms with E-state index in [2.05, 4.69) is 15.3 Å². The standard InChI is InChI=1S/C22H22N4O2/c1-3-26(19-6-4-5-16(2)13-19)22(28)20-14-18(9-12-24-20)21(27)25-15-17-7-10-23-11-8-17/h4-14H,3,15H2,1-2H3,(H,25,27). The molecule has 3 aromatic rings. The highest BCUT2D eigenvalue weighted by molar-refractivity contribution is 6.06. The highest BCUT2D eigenvalue weighted by atomic mass is 16.2. The van der Waals surface area contributed by atoms with Gasteiger partial charge in [-0.15, -0.1) is 0 Å². The van der Waals surface area contributed by atoms with E-state index >= 15 is 0 Å². The maximum Gasteiger partial charge on any atom is 0.276 e. The molecule has 0 atom stereocenters. The Morgan fingerprint density at radius 2 is 1.82 bits per heavy atom. The highest BCUT2D eigenvalue weighted by Crippen LogP contribution is 2.18. The van der Waals surface area contributed by atoms with Gasteiger partial charge in [0.2, 0.25) is 0 Å². The molecule has 0 unspecified atom stereocenters. The normalized spacial score (nSPS) is 10.4. The van der Waals surface area contributed by atoms with Crippen molar-refractivity contribution in [2.75, 3.05) is 11.4 Å². The van der Waals surface area contributed by atoms with Gasteiger partial charge in [-0.05, 0) is 61.4 Å². The Hall–Kier alpha value is -3.54. The minimum atomic E-state index is -0.258. The van der Waals surface area contributed by atoms with Gasteiger partial charge in [-0.3, -0.25) is 19.6 Å². The summed E-state index contributed by atoms with van der Waals surface area (Å²) in [6, 6.07) is 14.5. The number of aromatic nitrogens is 2. The Morgan fingerprint density at radius 1 is 1.04 bits per heavy atom. The second-order valence-electron chi connectivity index (χ2n) is 6.36. The molecule has 0 saturated carbocycles. The molecule has 142 valence electrons. The van der Waals surface area contributed by atoms with Crippen LogP contribution in [0.1, 0.15) is 38.9 Å². The summed E-state index contributed by atoms with van der Waals surface area (Å²) >= 11 is 0. The van der Waals surface area contributed by atoms with Gasteiger partial charge in [0.05, 0.1) is 0 Å². The summed E-state index contributed by atoms with van der Waals surface area (Å²) in [5.74, 6) is -0.497. The van der Waals surface area contributed by atoms with E-state index in [1.165, 1.54) is 12.3 Å². The van der Waals surface area contributed by atoms with E-state index in [1.54, 1.807) is 23.4 Å².